The van der Waals surface area contributed by atoms with E-state index in [1.807, 2.05) is 6.92 Å². The van der Waals surface area contributed by atoms with Crippen LogP contribution in [-0.2, 0) is 14.8 Å². The summed E-state index contributed by atoms with van der Waals surface area (Å²) in [5.41, 5.74) is 2.36. The molecular formula is C12H20N4O3S. The number of hydrogen-bond acceptors (Lipinski definition) is 6. The SMILES string of the molecule is CCC1CN(S(=O)(=O)c2ccnc(NN)c2)CCCO1. The molecule has 0 amide bonds. The van der Waals surface area contributed by atoms with E-state index < -0.39 is 10.0 Å². The highest BCUT2D eigenvalue weighted by atomic mass is 32.2. The van der Waals surface area contributed by atoms with Crippen molar-refractivity contribution in [1.82, 2.24) is 9.29 Å². The van der Waals surface area contributed by atoms with Gasteiger partial charge in [0, 0.05) is 32.0 Å². The second kappa shape index (κ2) is 6.49. The fourth-order valence-corrected chi connectivity index (χ4v) is 3.65. The molecular weight excluding hydrogens is 280 g/mol. The molecule has 2 rings (SSSR count). The van der Waals surface area contributed by atoms with Gasteiger partial charge in [-0.2, -0.15) is 4.31 Å². The largest absolute Gasteiger partial charge is 0.377 e. The average Bonchev–Trinajstić information content (AvgIpc) is 2.73. The number of hydrazine groups is 1. The molecule has 1 atom stereocenters. The first-order chi connectivity index (χ1) is 9.57. The summed E-state index contributed by atoms with van der Waals surface area (Å²) in [5.74, 6) is 5.59. The predicted octanol–water partition coefficient (Wildman–Crippen LogP) is 0.557. The molecule has 0 radical (unpaired) electrons. The summed E-state index contributed by atoms with van der Waals surface area (Å²) in [6.07, 6.45) is 2.86. The quantitative estimate of drug-likeness (QED) is 0.623. The highest BCUT2D eigenvalue weighted by Gasteiger charge is 2.29. The van der Waals surface area contributed by atoms with Crippen molar-refractivity contribution >= 4 is 15.8 Å². The molecule has 7 nitrogen and oxygen atoms in total. The van der Waals surface area contributed by atoms with E-state index in [-0.39, 0.29) is 11.0 Å². The molecule has 8 heteroatoms. The van der Waals surface area contributed by atoms with Crippen molar-refractivity contribution in [2.75, 3.05) is 25.1 Å². The van der Waals surface area contributed by atoms with E-state index in [9.17, 15) is 8.42 Å². The molecule has 1 aromatic heterocycles. The molecule has 112 valence electrons. The number of pyridine rings is 1. The number of nitrogens with two attached hydrogens (primary N) is 1. The van der Waals surface area contributed by atoms with E-state index in [0.717, 1.165) is 6.42 Å². The Morgan fingerprint density at radius 1 is 1.60 bits per heavy atom. The number of hydrogen-bond donors (Lipinski definition) is 2. The Kier molecular flexibility index (Phi) is 4.92. The van der Waals surface area contributed by atoms with Crippen LogP contribution in [0.15, 0.2) is 23.2 Å². The van der Waals surface area contributed by atoms with Crippen molar-refractivity contribution in [2.45, 2.75) is 30.8 Å². The molecule has 1 aliphatic heterocycles. The Balaban J connectivity index is 2.27. The molecule has 0 aromatic carbocycles. The fraction of sp³-hybridized carbons (Fsp3) is 0.583. The minimum Gasteiger partial charge on any atom is -0.377 e. The molecule has 0 aliphatic carbocycles. The van der Waals surface area contributed by atoms with Gasteiger partial charge in [-0.3, -0.25) is 0 Å². The van der Waals surface area contributed by atoms with Gasteiger partial charge >= 0.3 is 0 Å². The molecule has 1 aliphatic rings. The highest BCUT2D eigenvalue weighted by Crippen LogP contribution is 2.20. The first-order valence-corrected chi connectivity index (χ1v) is 8.06. The summed E-state index contributed by atoms with van der Waals surface area (Å²) >= 11 is 0. The maximum absolute atomic E-state index is 12.6. The zero-order chi connectivity index (χ0) is 14.6. The molecule has 0 bridgehead atoms. The monoisotopic (exact) mass is 300 g/mol. The van der Waals surface area contributed by atoms with Gasteiger partial charge in [-0.1, -0.05) is 6.92 Å². The molecule has 1 aromatic rings. The van der Waals surface area contributed by atoms with Gasteiger partial charge in [-0.25, -0.2) is 19.2 Å². The number of rotatable bonds is 4. The van der Waals surface area contributed by atoms with Crippen LogP contribution in [0.2, 0.25) is 0 Å². The molecule has 1 fully saturated rings. The summed E-state index contributed by atoms with van der Waals surface area (Å²) in [6.45, 7) is 3.43. The first-order valence-electron chi connectivity index (χ1n) is 6.62. The van der Waals surface area contributed by atoms with Crippen molar-refractivity contribution in [1.29, 1.82) is 0 Å². The lowest BCUT2D eigenvalue weighted by Crippen LogP contribution is -2.36. The maximum Gasteiger partial charge on any atom is 0.243 e. The number of nitrogens with zero attached hydrogens (tertiary/aromatic N) is 2. The summed E-state index contributed by atoms with van der Waals surface area (Å²) < 4.78 is 32.4. The Morgan fingerprint density at radius 2 is 2.40 bits per heavy atom. The molecule has 20 heavy (non-hydrogen) atoms. The first kappa shape index (κ1) is 15.2. The van der Waals surface area contributed by atoms with Crippen LogP contribution in [0, 0.1) is 0 Å². The molecule has 2 heterocycles. The molecule has 1 unspecified atom stereocenters. The van der Waals surface area contributed by atoms with Gasteiger partial charge in [0.25, 0.3) is 0 Å². The second-order valence-corrected chi connectivity index (χ2v) is 6.58. The number of nitrogens with one attached hydrogen (secondary N) is 1. The minimum absolute atomic E-state index is 0.0544. The zero-order valence-corrected chi connectivity index (χ0v) is 12.3. The summed E-state index contributed by atoms with van der Waals surface area (Å²) in [5, 5.41) is 0. The lowest BCUT2D eigenvalue weighted by atomic mass is 10.3. The van der Waals surface area contributed by atoms with Crippen molar-refractivity contribution < 1.29 is 13.2 Å². The Labute approximate surface area is 119 Å². The van der Waals surface area contributed by atoms with E-state index in [4.69, 9.17) is 10.6 Å². The van der Waals surface area contributed by atoms with Crippen molar-refractivity contribution in [3.63, 3.8) is 0 Å². The van der Waals surface area contributed by atoms with E-state index in [2.05, 4.69) is 10.4 Å². The van der Waals surface area contributed by atoms with Crippen LogP contribution in [-0.4, -0.2) is 43.5 Å². The fourth-order valence-electron chi connectivity index (χ4n) is 2.13. The highest BCUT2D eigenvalue weighted by molar-refractivity contribution is 7.89. The number of ether oxygens (including phenoxy) is 1. The van der Waals surface area contributed by atoms with Gasteiger partial charge in [-0.05, 0) is 18.9 Å². The minimum atomic E-state index is -3.54. The Hall–Kier alpha value is -1.22. The number of anilines is 1. The van der Waals surface area contributed by atoms with Gasteiger partial charge < -0.3 is 10.2 Å². The summed E-state index contributed by atoms with van der Waals surface area (Å²) in [7, 11) is -3.54. The van der Waals surface area contributed by atoms with Crippen LogP contribution in [0.3, 0.4) is 0 Å². The Morgan fingerprint density at radius 3 is 3.10 bits per heavy atom. The third kappa shape index (κ3) is 3.26. The third-order valence-corrected chi connectivity index (χ3v) is 5.15. The predicted molar refractivity (Wildman–Crippen MR) is 75.5 cm³/mol. The lowest BCUT2D eigenvalue weighted by Gasteiger charge is -2.22. The molecule has 0 saturated carbocycles. The van der Waals surface area contributed by atoms with Crippen LogP contribution in [0.25, 0.3) is 0 Å². The smallest absolute Gasteiger partial charge is 0.243 e. The molecule has 0 spiro atoms. The van der Waals surface area contributed by atoms with Crippen molar-refractivity contribution in [3.05, 3.63) is 18.3 Å². The van der Waals surface area contributed by atoms with E-state index in [0.29, 0.717) is 31.9 Å². The average molecular weight is 300 g/mol. The standard InChI is InChI=1S/C12H20N4O3S/c1-2-10-9-16(6-3-7-19-10)20(17,18)11-4-5-14-12(8-11)15-13/h4-5,8,10H,2-3,6-7,9,13H2,1H3,(H,14,15). The number of aromatic nitrogens is 1. The van der Waals surface area contributed by atoms with E-state index in [1.165, 1.54) is 22.6 Å². The van der Waals surface area contributed by atoms with Gasteiger partial charge in [0.15, 0.2) is 0 Å². The lowest BCUT2D eigenvalue weighted by molar-refractivity contribution is 0.0593. The van der Waals surface area contributed by atoms with Crippen LogP contribution < -0.4 is 11.3 Å². The van der Waals surface area contributed by atoms with Gasteiger partial charge in [-0.15, -0.1) is 0 Å². The summed E-state index contributed by atoms with van der Waals surface area (Å²) in [4.78, 5) is 4.11. The van der Waals surface area contributed by atoms with Gasteiger partial charge in [0.05, 0.1) is 11.0 Å². The molecule has 1 saturated heterocycles. The van der Waals surface area contributed by atoms with Crippen LogP contribution in [0.4, 0.5) is 5.82 Å². The topological polar surface area (TPSA) is 97.6 Å². The Bertz CT molecular complexity index is 549. The van der Waals surface area contributed by atoms with Crippen molar-refractivity contribution in [2.24, 2.45) is 5.84 Å². The third-order valence-electron chi connectivity index (χ3n) is 3.29. The molecule has 3 N–H and O–H groups in total. The summed E-state index contributed by atoms with van der Waals surface area (Å²) in [6, 6.07) is 2.91. The van der Waals surface area contributed by atoms with Crippen LogP contribution >= 0.6 is 0 Å². The van der Waals surface area contributed by atoms with E-state index >= 15 is 0 Å². The second-order valence-electron chi connectivity index (χ2n) is 4.64. The van der Waals surface area contributed by atoms with Gasteiger partial charge in [0.2, 0.25) is 10.0 Å². The normalized spacial score (nSPS) is 21.4. The van der Waals surface area contributed by atoms with Crippen molar-refractivity contribution in [3.8, 4) is 0 Å². The van der Waals surface area contributed by atoms with Crippen LogP contribution in [0.1, 0.15) is 19.8 Å². The number of sulfonamides is 1. The van der Waals surface area contributed by atoms with Gasteiger partial charge in [0.1, 0.15) is 5.82 Å². The van der Waals surface area contributed by atoms with E-state index in [1.54, 1.807) is 0 Å². The van der Waals surface area contributed by atoms with Crippen LogP contribution in [0.5, 0.6) is 0 Å². The number of nitrogen functional groups attached to an aromatic ring is 1. The zero-order valence-electron chi connectivity index (χ0n) is 11.4. The maximum atomic E-state index is 12.6.